The Labute approximate surface area is 208 Å². The maximum Gasteiger partial charge on any atom is 0.384 e. The van der Waals surface area contributed by atoms with Crippen molar-refractivity contribution >= 4 is 46.7 Å². The summed E-state index contributed by atoms with van der Waals surface area (Å²) in [7, 11) is 0. The van der Waals surface area contributed by atoms with Crippen LogP contribution >= 0.6 is 34.8 Å². The third-order valence-corrected chi connectivity index (χ3v) is 5.70. The molecule has 1 aliphatic carbocycles. The smallest absolute Gasteiger partial charge is 0.384 e. The largest absolute Gasteiger partial charge is 0.458 e. The molecule has 0 heterocycles. The Balaban J connectivity index is 1.59. The molecule has 1 aliphatic rings. The van der Waals surface area contributed by atoms with Crippen LogP contribution < -0.4 is 4.74 Å². The van der Waals surface area contributed by atoms with Crippen molar-refractivity contribution in [3.63, 3.8) is 0 Å². The number of hydrogen-bond acceptors (Lipinski definition) is 5. The predicted octanol–water partition coefficient (Wildman–Crippen LogP) is 6.27. The normalized spacial score (nSPS) is 19.5. The van der Waals surface area contributed by atoms with E-state index in [-0.39, 0.29) is 11.9 Å². The van der Waals surface area contributed by atoms with Gasteiger partial charge in [0.05, 0.1) is 5.92 Å². The number of halogens is 3. The first-order valence-electron chi connectivity index (χ1n) is 10.3. The summed E-state index contributed by atoms with van der Waals surface area (Å²) in [6.45, 7) is 5.17. The van der Waals surface area contributed by atoms with Crippen LogP contribution in [0.4, 0.5) is 0 Å². The van der Waals surface area contributed by atoms with Crippen LogP contribution in [-0.4, -0.2) is 22.3 Å². The lowest BCUT2D eigenvalue weighted by Gasteiger charge is -2.15. The van der Waals surface area contributed by atoms with Gasteiger partial charge in [-0.1, -0.05) is 84.9 Å². The summed E-state index contributed by atoms with van der Waals surface area (Å²) in [5, 5.41) is 0. The lowest BCUT2D eigenvalue weighted by molar-refractivity contribution is -0.151. The molecule has 5 nitrogen and oxygen atoms in total. The van der Waals surface area contributed by atoms with Crippen molar-refractivity contribution in [2.24, 2.45) is 17.3 Å². The van der Waals surface area contributed by atoms with Gasteiger partial charge in [0.15, 0.2) is 0 Å². The van der Waals surface area contributed by atoms with Gasteiger partial charge in [0.25, 0.3) is 0 Å². The number of ether oxygens (including phenoxy) is 3. The SMILES string of the molecule is C[C@@H](OC(=O)[C@@H]1[C@H](C#CC(=O)OCC(Cl)(Cl)Cl)C1(C)C)c1cccc(Oc2ccccc2)c1. The summed E-state index contributed by atoms with van der Waals surface area (Å²) in [6, 6.07) is 16.8. The highest BCUT2D eigenvalue weighted by atomic mass is 35.6. The second-order valence-electron chi connectivity index (χ2n) is 8.30. The second-order valence-corrected chi connectivity index (χ2v) is 10.8. The molecule has 0 bridgehead atoms. The topological polar surface area (TPSA) is 61.8 Å². The minimum Gasteiger partial charge on any atom is -0.458 e. The van der Waals surface area contributed by atoms with Crippen molar-refractivity contribution in [2.45, 2.75) is 30.7 Å². The molecule has 0 spiro atoms. The lowest BCUT2D eigenvalue weighted by atomic mass is 10.1. The molecule has 3 atom stereocenters. The van der Waals surface area contributed by atoms with E-state index in [0.717, 1.165) is 5.56 Å². The maximum atomic E-state index is 12.8. The average Bonchev–Trinajstić information content (AvgIpc) is 3.31. The van der Waals surface area contributed by atoms with Gasteiger partial charge in [-0.25, -0.2) is 4.79 Å². The molecule has 0 radical (unpaired) electrons. The Morgan fingerprint density at radius 2 is 1.73 bits per heavy atom. The standard InChI is InChI=1S/C25H23Cl3O5/c1-16(17-8-7-11-19(14-17)33-18-9-5-4-6-10-18)32-23(30)22-20(24(22,2)3)12-13-21(29)31-15-25(26,27)28/h4-11,14,16,20,22H,15H2,1-3H3/t16-,20+,22+/m1/s1. The van der Waals surface area contributed by atoms with E-state index in [0.29, 0.717) is 11.5 Å². The van der Waals surface area contributed by atoms with E-state index in [1.807, 2.05) is 68.4 Å². The van der Waals surface area contributed by atoms with E-state index in [4.69, 9.17) is 49.0 Å². The fourth-order valence-electron chi connectivity index (χ4n) is 3.44. The van der Waals surface area contributed by atoms with Gasteiger partial charge in [-0.2, -0.15) is 0 Å². The van der Waals surface area contributed by atoms with Gasteiger partial charge < -0.3 is 14.2 Å². The lowest BCUT2D eigenvalue weighted by Crippen LogP contribution is -2.16. The highest BCUT2D eigenvalue weighted by Gasteiger charge is 2.62. The van der Waals surface area contributed by atoms with E-state index >= 15 is 0 Å². The van der Waals surface area contributed by atoms with Gasteiger partial charge in [0.1, 0.15) is 24.2 Å². The Morgan fingerprint density at radius 1 is 1.06 bits per heavy atom. The molecule has 0 unspecified atom stereocenters. The van der Waals surface area contributed by atoms with Crippen LogP contribution in [0, 0.1) is 29.1 Å². The van der Waals surface area contributed by atoms with Gasteiger partial charge in [-0.05, 0) is 42.2 Å². The molecule has 0 aromatic heterocycles. The number of carbonyl (C=O) groups excluding carboxylic acids is 2. The number of hydrogen-bond donors (Lipinski definition) is 0. The predicted molar refractivity (Wildman–Crippen MR) is 127 cm³/mol. The van der Waals surface area contributed by atoms with Crippen LogP contribution in [0.3, 0.4) is 0 Å². The molecule has 2 aromatic rings. The Morgan fingerprint density at radius 3 is 2.39 bits per heavy atom. The summed E-state index contributed by atoms with van der Waals surface area (Å²) in [5.74, 6) is 4.51. The molecule has 1 saturated carbocycles. The minimum atomic E-state index is -1.71. The number of carbonyl (C=O) groups is 2. The fraction of sp³-hybridized carbons (Fsp3) is 0.360. The van der Waals surface area contributed by atoms with Crippen LogP contribution in [-0.2, 0) is 19.1 Å². The Bertz CT molecular complexity index is 1070. The zero-order chi connectivity index (χ0) is 24.2. The van der Waals surface area contributed by atoms with Gasteiger partial charge >= 0.3 is 11.9 Å². The van der Waals surface area contributed by atoms with Crippen molar-refractivity contribution < 1.29 is 23.8 Å². The summed E-state index contributed by atoms with van der Waals surface area (Å²) >= 11 is 16.6. The van der Waals surface area contributed by atoms with Crippen molar-refractivity contribution in [1.82, 2.24) is 0 Å². The summed E-state index contributed by atoms with van der Waals surface area (Å²) < 4.78 is 14.6. The second kappa shape index (κ2) is 10.3. The first kappa shape index (κ1) is 25.2. The molecule has 2 aromatic carbocycles. The third kappa shape index (κ3) is 7.04. The number of rotatable bonds is 6. The van der Waals surface area contributed by atoms with Gasteiger partial charge in [0.2, 0.25) is 3.79 Å². The molecular formula is C25H23Cl3O5. The van der Waals surface area contributed by atoms with Crippen molar-refractivity contribution in [3.05, 3.63) is 60.2 Å². The molecule has 3 rings (SSSR count). The monoisotopic (exact) mass is 508 g/mol. The van der Waals surface area contributed by atoms with Crippen molar-refractivity contribution in [1.29, 1.82) is 0 Å². The fourth-order valence-corrected chi connectivity index (χ4v) is 3.60. The Hall–Kier alpha value is -2.39. The first-order valence-corrected chi connectivity index (χ1v) is 11.4. The summed E-state index contributed by atoms with van der Waals surface area (Å²) in [4.78, 5) is 24.5. The van der Waals surface area contributed by atoms with Crippen LogP contribution in [0.25, 0.3) is 0 Å². The highest BCUT2D eigenvalue weighted by molar-refractivity contribution is 6.67. The van der Waals surface area contributed by atoms with Crippen molar-refractivity contribution in [2.75, 3.05) is 6.61 Å². The number of alkyl halides is 3. The van der Waals surface area contributed by atoms with E-state index in [9.17, 15) is 9.59 Å². The van der Waals surface area contributed by atoms with Crippen LogP contribution in [0.15, 0.2) is 54.6 Å². The molecule has 33 heavy (non-hydrogen) atoms. The van der Waals surface area contributed by atoms with E-state index in [1.165, 1.54) is 0 Å². The molecule has 0 amide bonds. The molecule has 1 fully saturated rings. The molecular weight excluding hydrogens is 487 g/mol. The van der Waals surface area contributed by atoms with Crippen LogP contribution in [0.5, 0.6) is 11.5 Å². The van der Waals surface area contributed by atoms with Gasteiger partial charge in [-0.15, -0.1) is 0 Å². The van der Waals surface area contributed by atoms with E-state index < -0.39 is 33.8 Å². The van der Waals surface area contributed by atoms with Crippen LogP contribution in [0.1, 0.15) is 32.4 Å². The number of benzene rings is 2. The summed E-state index contributed by atoms with van der Waals surface area (Å²) in [6.07, 6.45) is -0.490. The summed E-state index contributed by atoms with van der Waals surface area (Å²) in [5.41, 5.74) is 0.366. The van der Waals surface area contributed by atoms with Gasteiger partial charge in [-0.3, -0.25) is 4.79 Å². The van der Waals surface area contributed by atoms with E-state index in [2.05, 4.69) is 11.8 Å². The minimum absolute atomic E-state index is 0.342. The molecule has 0 N–H and O–H groups in total. The molecule has 0 saturated heterocycles. The first-order chi connectivity index (χ1) is 15.5. The highest BCUT2D eigenvalue weighted by Crippen LogP contribution is 2.58. The average molecular weight is 510 g/mol. The van der Waals surface area contributed by atoms with Crippen LogP contribution in [0.2, 0.25) is 0 Å². The molecule has 174 valence electrons. The zero-order valence-electron chi connectivity index (χ0n) is 18.3. The van der Waals surface area contributed by atoms with Crippen molar-refractivity contribution in [3.8, 4) is 23.3 Å². The van der Waals surface area contributed by atoms with E-state index in [1.54, 1.807) is 6.92 Å². The maximum absolute atomic E-state index is 12.8. The molecule has 0 aliphatic heterocycles. The quantitative estimate of drug-likeness (QED) is 0.199. The van der Waals surface area contributed by atoms with Gasteiger partial charge in [0, 0.05) is 11.8 Å². The Kier molecular flexibility index (Phi) is 7.84. The number of esters is 2. The molecule has 8 heteroatoms. The zero-order valence-corrected chi connectivity index (χ0v) is 20.6. The number of para-hydroxylation sites is 1. The third-order valence-electron chi connectivity index (χ3n) is 5.38.